The molecule has 0 aliphatic heterocycles. The molecule has 0 saturated heterocycles. The Morgan fingerprint density at radius 3 is 2.61 bits per heavy atom. The Labute approximate surface area is 135 Å². The van der Waals surface area contributed by atoms with Crippen LogP contribution in [0.2, 0.25) is 0 Å². The summed E-state index contributed by atoms with van der Waals surface area (Å²) in [5.41, 5.74) is 1.45. The molecule has 1 heterocycles. The number of nitrogens with zero attached hydrogens (tertiary/aromatic N) is 2. The lowest BCUT2D eigenvalue weighted by Gasteiger charge is -2.21. The van der Waals surface area contributed by atoms with Crippen molar-refractivity contribution in [1.29, 1.82) is 0 Å². The molecule has 0 fully saturated rings. The molecular formula is C18H21FN2O2. The van der Waals surface area contributed by atoms with E-state index in [9.17, 15) is 9.18 Å². The molecule has 0 N–H and O–H groups in total. The fraction of sp³-hybridized carbons (Fsp3) is 0.333. The van der Waals surface area contributed by atoms with Crippen LogP contribution in [-0.2, 0) is 6.42 Å². The number of carbonyl (C=O) groups is 1. The molecule has 0 radical (unpaired) electrons. The van der Waals surface area contributed by atoms with E-state index in [4.69, 9.17) is 4.74 Å². The average Bonchev–Trinajstić information content (AvgIpc) is 2.54. The summed E-state index contributed by atoms with van der Waals surface area (Å²) in [6, 6.07) is 9.10. The molecule has 2 aromatic rings. The second-order valence-electron chi connectivity index (χ2n) is 5.73. The topological polar surface area (TPSA) is 42.4 Å². The Morgan fingerprint density at radius 2 is 2.00 bits per heavy atom. The van der Waals surface area contributed by atoms with Crippen LogP contribution in [0.3, 0.4) is 0 Å². The van der Waals surface area contributed by atoms with Crippen molar-refractivity contribution in [1.82, 2.24) is 9.88 Å². The normalized spacial score (nSPS) is 11.8. The number of benzene rings is 1. The first-order chi connectivity index (χ1) is 11.0. The third-order valence-electron chi connectivity index (χ3n) is 3.63. The van der Waals surface area contributed by atoms with E-state index in [2.05, 4.69) is 11.9 Å². The van der Waals surface area contributed by atoms with E-state index in [1.54, 1.807) is 19.1 Å². The summed E-state index contributed by atoms with van der Waals surface area (Å²) in [5.74, 6) is 0.375. The van der Waals surface area contributed by atoms with Crippen molar-refractivity contribution in [2.45, 2.75) is 13.3 Å². The van der Waals surface area contributed by atoms with Crippen molar-refractivity contribution in [3.8, 4) is 5.75 Å². The van der Waals surface area contributed by atoms with Gasteiger partial charge < -0.3 is 9.64 Å². The summed E-state index contributed by atoms with van der Waals surface area (Å²) < 4.78 is 18.3. The summed E-state index contributed by atoms with van der Waals surface area (Å²) in [6.45, 7) is 2.67. The van der Waals surface area contributed by atoms with Crippen molar-refractivity contribution in [3.63, 3.8) is 0 Å². The molecule has 1 aromatic carbocycles. The molecule has 0 bridgehead atoms. The number of hydrogen-bond donors (Lipinski definition) is 0. The van der Waals surface area contributed by atoms with Gasteiger partial charge in [-0.25, -0.2) is 4.39 Å². The van der Waals surface area contributed by atoms with Crippen LogP contribution in [0.5, 0.6) is 5.75 Å². The molecule has 0 aliphatic carbocycles. The molecule has 2 rings (SSSR count). The predicted molar refractivity (Wildman–Crippen MR) is 87.0 cm³/mol. The SMILES string of the molecule is COc1ccc(C[C@H](C)CN(C)C(=O)c2cncc(F)c2)cc1. The Hall–Kier alpha value is -2.43. The van der Waals surface area contributed by atoms with Crippen LogP contribution in [0.4, 0.5) is 4.39 Å². The molecule has 5 heteroatoms. The molecule has 0 saturated carbocycles. The lowest BCUT2D eigenvalue weighted by atomic mass is 10.0. The Balaban J connectivity index is 1.93. The van der Waals surface area contributed by atoms with Gasteiger partial charge in [-0.2, -0.15) is 0 Å². The highest BCUT2D eigenvalue weighted by Crippen LogP contribution is 2.15. The van der Waals surface area contributed by atoms with Gasteiger partial charge >= 0.3 is 0 Å². The van der Waals surface area contributed by atoms with E-state index in [-0.39, 0.29) is 17.4 Å². The second kappa shape index (κ2) is 7.72. The second-order valence-corrected chi connectivity index (χ2v) is 5.73. The molecule has 0 unspecified atom stereocenters. The van der Waals surface area contributed by atoms with Crippen molar-refractivity contribution >= 4 is 5.91 Å². The molecular weight excluding hydrogens is 295 g/mol. The van der Waals surface area contributed by atoms with Gasteiger partial charge in [0.25, 0.3) is 5.91 Å². The number of carbonyl (C=O) groups excluding carboxylic acids is 1. The molecule has 23 heavy (non-hydrogen) atoms. The third-order valence-corrected chi connectivity index (χ3v) is 3.63. The maximum absolute atomic E-state index is 13.2. The lowest BCUT2D eigenvalue weighted by Crippen LogP contribution is -2.31. The zero-order valence-electron chi connectivity index (χ0n) is 13.6. The lowest BCUT2D eigenvalue weighted by molar-refractivity contribution is 0.0774. The van der Waals surface area contributed by atoms with Gasteiger partial charge in [-0.05, 0) is 36.1 Å². The van der Waals surface area contributed by atoms with Crippen LogP contribution >= 0.6 is 0 Å². The van der Waals surface area contributed by atoms with E-state index >= 15 is 0 Å². The summed E-state index contributed by atoms with van der Waals surface area (Å²) in [4.78, 5) is 17.6. The highest BCUT2D eigenvalue weighted by Gasteiger charge is 2.15. The number of methoxy groups -OCH3 is 1. The molecule has 0 spiro atoms. The Bertz CT molecular complexity index is 658. The number of ether oxygens (including phenoxy) is 1. The number of hydrogen-bond acceptors (Lipinski definition) is 3. The van der Waals surface area contributed by atoms with Crippen LogP contribution in [0.15, 0.2) is 42.7 Å². The van der Waals surface area contributed by atoms with Crippen molar-refractivity contribution in [2.24, 2.45) is 5.92 Å². The zero-order chi connectivity index (χ0) is 16.8. The van der Waals surface area contributed by atoms with Gasteiger partial charge in [0.1, 0.15) is 11.6 Å². The molecule has 1 amide bonds. The number of aromatic nitrogens is 1. The maximum atomic E-state index is 13.2. The van der Waals surface area contributed by atoms with Crippen LogP contribution in [0, 0.1) is 11.7 Å². The van der Waals surface area contributed by atoms with Crippen LogP contribution in [-0.4, -0.2) is 36.5 Å². The highest BCUT2D eigenvalue weighted by atomic mass is 19.1. The predicted octanol–water partition coefficient (Wildman–Crippen LogP) is 3.18. The monoisotopic (exact) mass is 316 g/mol. The van der Waals surface area contributed by atoms with Crippen LogP contribution < -0.4 is 4.74 Å². The molecule has 4 nitrogen and oxygen atoms in total. The van der Waals surface area contributed by atoms with Gasteiger partial charge in [-0.1, -0.05) is 19.1 Å². The first kappa shape index (κ1) is 16.9. The minimum absolute atomic E-state index is 0.224. The summed E-state index contributed by atoms with van der Waals surface area (Å²) in [7, 11) is 3.36. The minimum Gasteiger partial charge on any atom is -0.497 e. The largest absolute Gasteiger partial charge is 0.497 e. The number of rotatable bonds is 6. The fourth-order valence-corrected chi connectivity index (χ4v) is 2.53. The van der Waals surface area contributed by atoms with Crippen molar-refractivity contribution in [3.05, 3.63) is 59.7 Å². The Morgan fingerprint density at radius 1 is 1.30 bits per heavy atom. The summed E-state index contributed by atoms with van der Waals surface area (Å²) >= 11 is 0. The van der Waals surface area contributed by atoms with Gasteiger partial charge in [0, 0.05) is 19.8 Å². The van der Waals surface area contributed by atoms with Gasteiger partial charge in [0.2, 0.25) is 0 Å². The van der Waals surface area contributed by atoms with Gasteiger partial charge in [-0.15, -0.1) is 0 Å². The smallest absolute Gasteiger partial charge is 0.255 e. The average molecular weight is 316 g/mol. The Kier molecular flexibility index (Phi) is 5.68. The molecule has 1 atom stereocenters. The standard InChI is InChI=1S/C18H21FN2O2/c1-13(8-14-4-6-17(23-3)7-5-14)12-21(2)18(22)15-9-16(19)11-20-10-15/h4-7,9-11,13H,8,12H2,1-3H3/t13-/m0/s1. The molecule has 122 valence electrons. The van der Waals surface area contributed by atoms with E-state index in [1.807, 2.05) is 24.3 Å². The minimum atomic E-state index is -0.504. The summed E-state index contributed by atoms with van der Waals surface area (Å²) in [5, 5.41) is 0. The maximum Gasteiger partial charge on any atom is 0.255 e. The molecule has 1 aromatic heterocycles. The highest BCUT2D eigenvalue weighted by molar-refractivity contribution is 5.93. The number of pyridine rings is 1. The number of amides is 1. The molecule has 0 aliphatic rings. The van der Waals surface area contributed by atoms with E-state index in [1.165, 1.54) is 17.8 Å². The van der Waals surface area contributed by atoms with Gasteiger partial charge in [-0.3, -0.25) is 9.78 Å². The third kappa shape index (κ3) is 4.77. The summed E-state index contributed by atoms with van der Waals surface area (Å²) in [6.07, 6.45) is 3.32. The van der Waals surface area contributed by atoms with Crippen LogP contribution in [0.25, 0.3) is 0 Å². The van der Waals surface area contributed by atoms with Crippen molar-refractivity contribution < 1.29 is 13.9 Å². The van der Waals surface area contributed by atoms with E-state index in [0.29, 0.717) is 6.54 Å². The quantitative estimate of drug-likeness (QED) is 0.822. The van der Waals surface area contributed by atoms with Gasteiger partial charge in [0.15, 0.2) is 0 Å². The first-order valence-electron chi connectivity index (χ1n) is 7.48. The number of halogens is 1. The zero-order valence-corrected chi connectivity index (χ0v) is 13.6. The van der Waals surface area contributed by atoms with Crippen LogP contribution in [0.1, 0.15) is 22.8 Å². The van der Waals surface area contributed by atoms with Gasteiger partial charge in [0.05, 0.1) is 18.9 Å². The van der Waals surface area contributed by atoms with E-state index in [0.717, 1.165) is 18.4 Å². The van der Waals surface area contributed by atoms with Crippen molar-refractivity contribution in [2.75, 3.05) is 20.7 Å². The first-order valence-corrected chi connectivity index (χ1v) is 7.48. The van der Waals surface area contributed by atoms with E-state index < -0.39 is 5.82 Å². The fourth-order valence-electron chi connectivity index (χ4n) is 2.53.